The van der Waals surface area contributed by atoms with Crippen LogP contribution in [0.1, 0.15) is 49.1 Å². The van der Waals surface area contributed by atoms with Crippen LogP contribution in [-0.2, 0) is 26.0 Å². The van der Waals surface area contributed by atoms with Crippen molar-refractivity contribution in [3.63, 3.8) is 0 Å². The molecule has 1 saturated heterocycles. The van der Waals surface area contributed by atoms with Gasteiger partial charge >= 0.3 is 6.09 Å². The highest BCUT2D eigenvalue weighted by Gasteiger charge is 2.45. The summed E-state index contributed by atoms with van der Waals surface area (Å²) >= 11 is 0. The summed E-state index contributed by atoms with van der Waals surface area (Å²) in [4.78, 5) is 30.2. The zero-order valence-electron chi connectivity index (χ0n) is 28.4. The molecule has 3 aromatic carbocycles. The Balaban J connectivity index is 1.41. The van der Waals surface area contributed by atoms with Gasteiger partial charge in [0, 0.05) is 59.8 Å². The molecule has 2 fully saturated rings. The first-order valence-corrected chi connectivity index (χ1v) is 18.6. The molecule has 1 saturated carbocycles. The summed E-state index contributed by atoms with van der Waals surface area (Å²) in [6.07, 6.45) is 0.864. The third kappa shape index (κ3) is 9.83. The van der Waals surface area contributed by atoms with Crippen LogP contribution in [0.15, 0.2) is 82.8 Å². The summed E-state index contributed by atoms with van der Waals surface area (Å²) in [5.41, 5.74) is 9.61. The van der Waals surface area contributed by atoms with E-state index in [0.29, 0.717) is 44.5 Å². The highest BCUT2D eigenvalue weighted by molar-refractivity contribution is 7.89. The number of rotatable bonds is 17. The fourth-order valence-corrected chi connectivity index (χ4v) is 8.05. The van der Waals surface area contributed by atoms with E-state index in [1.54, 1.807) is 30.3 Å². The molecule has 278 valence electrons. The van der Waals surface area contributed by atoms with E-state index in [1.807, 2.05) is 0 Å². The molecule has 4 N–H and O–H groups in total. The van der Waals surface area contributed by atoms with E-state index in [2.05, 4.69) is 20.1 Å². The number of ether oxygens (including phenoxy) is 1. The van der Waals surface area contributed by atoms with Gasteiger partial charge in [-0.3, -0.25) is 4.79 Å². The van der Waals surface area contributed by atoms with E-state index in [-0.39, 0.29) is 54.6 Å². The summed E-state index contributed by atoms with van der Waals surface area (Å²) in [7, 11) is -4.14. The first-order chi connectivity index (χ1) is 24.9. The van der Waals surface area contributed by atoms with Crippen LogP contribution in [-0.4, -0.2) is 80.5 Å². The van der Waals surface area contributed by atoms with Crippen molar-refractivity contribution < 1.29 is 41.7 Å². The molecule has 1 aliphatic carbocycles. The largest absolute Gasteiger partial charge is 0.465 e. The number of amides is 2. The first-order valence-electron chi connectivity index (χ1n) is 17.1. The fraction of sp³-hybridized carbons (Fsp3) is 0.444. The van der Waals surface area contributed by atoms with Crippen molar-refractivity contribution in [1.82, 2.24) is 9.62 Å². The molecule has 5 rings (SSSR count). The van der Waals surface area contributed by atoms with Crippen LogP contribution >= 0.6 is 0 Å². The fourth-order valence-electron chi connectivity index (χ4n) is 6.77. The zero-order chi connectivity index (χ0) is 37.3. The SMILES string of the molecule is [N-]=[N+]=N[C@H](C(=O)Nc1cccc(F)c1CC[C@@H](CN(CC1(CO)CC1)C(=O)O)NS(=O)(=O)c1ccccc1)[C@@H](c1ccc(F)cc1)C1CCOCC1. The summed E-state index contributed by atoms with van der Waals surface area (Å²) in [5, 5.41) is 26.5. The standard InChI is InChI=1S/C36H42F2N6O7S/c37-26-11-9-24(10-12-26)32(25-15-19-51-20-16-25)33(41-43-39)34(46)40-31-8-4-7-30(38)29(31)14-13-27(42-52(49,50)28-5-2-1-3-6-28)21-44(35(47)48)22-36(23-45)17-18-36/h1-12,25,27,32-33,42,45H,13-23H2,(H,40,46)(H,47,48)/t27-,32-,33-/m0/s1. The highest BCUT2D eigenvalue weighted by atomic mass is 32.2. The number of hydrogen-bond donors (Lipinski definition) is 4. The Morgan fingerprint density at radius 2 is 1.73 bits per heavy atom. The molecule has 13 nitrogen and oxygen atoms in total. The monoisotopic (exact) mass is 740 g/mol. The first kappa shape index (κ1) is 38.6. The second-order valence-corrected chi connectivity index (χ2v) is 15.1. The summed E-state index contributed by atoms with van der Waals surface area (Å²) in [5.74, 6) is -2.69. The Kier molecular flexibility index (Phi) is 12.8. The van der Waals surface area contributed by atoms with Crippen LogP contribution in [0.3, 0.4) is 0 Å². The van der Waals surface area contributed by atoms with E-state index < -0.39 is 57.1 Å². The zero-order valence-corrected chi connectivity index (χ0v) is 29.2. The van der Waals surface area contributed by atoms with E-state index in [9.17, 15) is 38.1 Å². The van der Waals surface area contributed by atoms with Gasteiger partial charge in [0.1, 0.15) is 17.7 Å². The third-order valence-electron chi connectivity index (χ3n) is 9.84. The molecule has 0 bridgehead atoms. The molecule has 0 spiro atoms. The number of halogens is 2. The number of carbonyl (C=O) groups is 2. The maximum absolute atomic E-state index is 15.6. The number of carboxylic acid groups (broad SMARTS) is 1. The molecule has 2 amide bonds. The van der Waals surface area contributed by atoms with Crippen LogP contribution < -0.4 is 10.0 Å². The van der Waals surface area contributed by atoms with Crippen LogP contribution in [0, 0.1) is 23.0 Å². The molecule has 0 radical (unpaired) electrons. The number of carbonyl (C=O) groups excluding carboxylic acids is 1. The predicted octanol–water partition coefficient (Wildman–Crippen LogP) is 5.82. The molecule has 3 atom stereocenters. The number of anilines is 1. The summed E-state index contributed by atoms with van der Waals surface area (Å²) in [6, 6.07) is 14.8. The van der Waals surface area contributed by atoms with Crippen LogP contribution in [0.4, 0.5) is 19.3 Å². The Hall–Kier alpha value is -4.60. The van der Waals surface area contributed by atoms with Gasteiger partial charge in [-0.15, -0.1) is 0 Å². The van der Waals surface area contributed by atoms with Gasteiger partial charge < -0.3 is 25.2 Å². The molecule has 3 aromatic rings. The number of sulfonamides is 1. The summed E-state index contributed by atoms with van der Waals surface area (Å²) < 4.78 is 64.3. The van der Waals surface area contributed by atoms with Gasteiger partial charge in [0.2, 0.25) is 15.9 Å². The number of hydrogen-bond acceptors (Lipinski definition) is 7. The Bertz CT molecular complexity index is 1850. The lowest BCUT2D eigenvalue weighted by Gasteiger charge is -2.34. The second kappa shape index (κ2) is 17.3. The number of azide groups is 1. The van der Waals surface area contributed by atoms with Crippen molar-refractivity contribution in [2.24, 2.45) is 16.4 Å². The van der Waals surface area contributed by atoms with Crippen molar-refractivity contribution in [1.29, 1.82) is 0 Å². The smallest absolute Gasteiger partial charge is 0.407 e. The molecule has 0 unspecified atom stereocenters. The van der Waals surface area contributed by atoms with Crippen LogP contribution in [0.5, 0.6) is 0 Å². The molecule has 2 aliphatic rings. The number of benzene rings is 3. The topological polar surface area (TPSA) is 194 Å². The Labute approximate surface area is 300 Å². The van der Waals surface area contributed by atoms with Gasteiger partial charge in [-0.1, -0.05) is 41.5 Å². The average Bonchev–Trinajstić information content (AvgIpc) is 3.92. The van der Waals surface area contributed by atoms with Gasteiger partial charge in [0.15, 0.2) is 0 Å². The molecular weight excluding hydrogens is 698 g/mol. The van der Waals surface area contributed by atoms with Crippen molar-refractivity contribution in [3.8, 4) is 0 Å². The average molecular weight is 741 g/mol. The molecule has 0 aromatic heterocycles. The minimum atomic E-state index is -4.14. The number of nitrogens with one attached hydrogen (secondary N) is 2. The molecule has 1 heterocycles. The normalized spacial score (nSPS) is 17.3. The number of nitrogens with zero attached hydrogens (tertiary/aromatic N) is 4. The Morgan fingerprint density at radius 1 is 1.04 bits per heavy atom. The lowest BCUT2D eigenvalue weighted by Crippen LogP contribution is -2.47. The minimum Gasteiger partial charge on any atom is -0.465 e. The van der Waals surface area contributed by atoms with Crippen LogP contribution in [0.2, 0.25) is 0 Å². The molecule has 52 heavy (non-hydrogen) atoms. The van der Waals surface area contributed by atoms with Crippen molar-refractivity contribution in [3.05, 3.63) is 106 Å². The van der Waals surface area contributed by atoms with Crippen LogP contribution in [0.25, 0.3) is 10.4 Å². The number of aliphatic hydroxyl groups excluding tert-OH is 1. The third-order valence-corrected chi connectivity index (χ3v) is 11.4. The Morgan fingerprint density at radius 3 is 2.35 bits per heavy atom. The van der Waals surface area contributed by atoms with E-state index in [1.165, 1.54) is 42.5 Å². The van der Waals surface area contributed by atoms with Crippen molar-refractivity contribution >= 4 is 27.7 Å². The van der Waals surface area contributed by atoms with Gasteiger partial charge in [0.25, 0.3) is 0 Å². The lowest BCUT2D eigenvalue weighted by molar-refractivity contribution is -0.118. The lowest BCUT2D eigenvalue weighted by atomic mass is 9.76. The quantitative estimate of drug-likeness (QED) is 0.0760. The van der Waals surface area contributed by atoms with Crippen molar-refractivity contribution in [2.45, 2.75) is 61.4 Å². The molecule has 16 heteroatoms. The van der Waals surface area contributed by atoms with Gasteiger partial charge in [0.05, 0.1) is 11.5 Å². The number of aliphatic hydroxyl groups is 1. The summed E-state index contributed by atoms with van der Waals surface area (Å²) in [6.45, 7) is 0.338. The van der Waals surface area contributed by atoms with E-state index in [4.69, 9.17) is 4.74 Å². The van der Waals surface area contributed by atoms with E-state index >= 15 is 4.39 Å². The van der Waals surface area contributed by atoms with Gasteiger partial charge in [-0.25, -0.2) is 26.7 Å². The maximum Gasteiger partial charge on any atom is 0.407 e. The predicted molar refractivity (Wildman–Crippen MR) is 188 cm³/mol. The van der Waals surface area contributed by atoms with Gasteiger partial charge in [-0.2, -0.15) is 0 Å². The van der Waals surface area contributed by atoms with E-state index in [0.717, 1.165) is 4.90 Å². The van der Waals surface area contributed by atoms with Gasteiger partial charge in [-0.05, 0) is 91.9 Å². The molecular formula is C36H42F2N6O7S. The minimum absolute atomic E-state index is 0.00740. The van der Waals surface area contributed by atoms with Crippen molar-refractivity contribution in [2.75, 3.05) is 38.2 Å². The highest BCUT2D eigenvalue weighted by Crippen LogP contribution is 2.45. The second-order valence-electron chi connectivity index (χ2n) is 13.4. The molecule has 1 aliphatic heterocycles. The maximum atomic E-state index is 15.6.